The van der Waals surface area contributed by atoms with Gasteiger partial charge in [0.05, 0.1) is 10.0 Å². The van der Waals surface area contributed by atoms with Gasteiger partial charge in [-0.15, -0.1) is 0 Å². The molecule has 3 rings (SSSR count). The van der Waals surface area contributed by atoms with Gasteiger partial charge in [0.15, 0.2) is 0 Å². The molecular formula is C17H20Cl2N4O2S. The third kappa shape index (κ3) is 4.47. The van der Waals surface area contributed by atoms with Crippen molar-refractivity contribution in [3.63, 3.8) is 0 Å². The molecule has 1 fully saturated rings. The predicted octanol–water partition coefficient (Wildman–Crippen LogP) is 2.62. The van der Waals surface area contributed by atoms with E-state index in [9.17, 15) is 8.42 Å². The number of sulfonamides is 1. The summed E-state index contributed by atoms with van der Waals surface area (Å²) in [6.07, 6.45) is 1.69. The Morgan fingerprint density at radius 1 is 1.12 bits per heavy atom. The Morgan fingerprint density at radius 3 is 2.42 bits per heavy atom. The second-order valence-electron chi connectivity index (χ2n) is 6.19. The molecule has 0 amide bonds. The van der Waals surface area contributed by atoms with Crippen LogP contribution in [0, 0.1) is 0 Å². The van der Waals surface area contributed by atoms with E-state index in [2.05, 4.69) is 26.6 Å². The first-order valence-corrected chi connectivity index (χ1v) is 10.4. The number of rotatable bonds is 5. The van der Waals surface area contributed by atoms with E-state index in [4.69, 9.17) is 23.2 Å². The molecule has 1 aromatic heterocycles. The Morgan fingerprint density at radius 2 is 1.77 bits per heavy atom. The van der Waals surface area contributed by atoms with Crippen LogP contribution in [0.15, 0.2) is 41.4 Å². The third-order valence-electron chi connectivity index (χ3n) is 4.29. The molecule has 1 aliphatic heterocycles. The number of pyridine rings is 1. The van der Waals surface area contributed by atoms with Crippen molar-refractivity contribution in [2.45, 2.75) is 11.4 Å². The van der Waals surface area contributed by atoms with Crippen LogP contribution >= 0.6 is 23.2 Å². The van der Waals surface area contributed by atoms with Crippen LogP contribution in [0.5, 0.6) is 0 Å². The lowest BCUT2D eigenvalue weighted by Gasteiger charge is -2.33. The fourth-order valence-electron chi connectivity index (χ4n) is 2.77. The first-order valence-electron chi connectivity index (χ1n) is 8.19. The van der Waals surface area contributed by atoms with Crippen molar-refractivity contribution < 1.29 is 8.42 Å². The van der Waals surface area contributed by atoms with Gasteiger partial charge in [0, 0.05) is 38.9 Å². The van der Waals surface area contributed by atoms with Crippen LogP contribution in [0.1, 0.15) is 5.56 Å². The molecule has 0 saturated carbocycles. The number of halogens is 2. The Bertz CT molecular complexity index is 864. The molecule has 1 N–H and O–H groups in total. The van der Waals surface area contributed by atoms with Crippen LogP contribution in [-0.2, 0) is 16.6 Å². The Balaban J connectivity index is 1.73. The summed E-state index contributed by atoms with van der Waals surface area (Å²) < 4.78 is 27.7. The maximum atomic E-state index is 12.6. The molecule has 0 aliphatic carbocycles. The van der Waals surface area contributed by atoms with Gasteiger partial charge >= 0.3 is 0 Å². The summed E-state index contributed by atoms with van der Waals surface area (Å²) in [5.41, 5.74) is 0.820. The Labute approximate surface area is 163 Å². The van der Waals surface area contributed by atoms with Crippen molar-refractivity contribution in [3.05, 3.63) is 52.1 Å². The minimum atomic E-state index is -3.82. The van der Waals surface area contributed by atoms with Crippen molar-refractivity contribution in [1.29, 1.82) is 0 Å². The van der Waals surface area contributed by atoms with Crippen LogP contribution < -0.4 is 9.62 Å². The van der Waals surface area contributed by atoms with E-state index in [0.717, 1.165) is 37.6 Å². The van der Waals surface area contributed by atoms with Gasteiger partial charge in [0.1, 0.15) is 10.7 Å². The molecule has 0 bridgehead atoms. The van der Waals surface area contributed by atoms with Crippen molar-refractivity contribution in [3.8, 4) is 0 Å². The SMILES string of the molecule is CN1CCN(c2cc(CNS(=O)(=O)c3c(Cl)cccc3Cl)ccn2)CC1. The quantitative estimate of drug-likeness (QED) is 0.814. The molecular weight excluding hydrogens is 395 g/mol. The average molecular weight is 415 g/mol. The second-order valence-corrected chi connectivity index (χ2v) is 8.71. The highest BCUT2D eigenvalue weighted by Crippen LogP contribution is 2.28. The summed E-state index contributed by atoms with van der Waals surface area (Å²) >= 11 is 12.0. The van der Waals surface area contributed by atoms with Gasteiger partial charge in [0.2, 0.25) is 10.0 Å². The standard InChI is InChI=1S/C17H20Cl2N4O2S/c1-22-7-9-23(10-8-22)16-11-13(5-6-20-16)12-21-26(24,25)17-14(18)3-2-4-15(17)19/h2-6,11,21H,7-10,12H2,1H3. The average Bonchev–Trinajstić information content (AvgIpc) is 2.61. The lowest BCUT2D eigenvalue weighted by Crippen LogP contribution is -2.44. The summed E-state index contributed by atoms with van der Waals surface area (Å²) in [7, 11) is -1.73. The van der Waals surface area contributed by atoms with E-state index in [1.807, 2.05) is 6.07 Å². The van der Waals surface area contributed by atoms with Crippen LogP contribution in [0.2, 0.25) is 10.0 Å². The van der Waals surface area contributed by atoms with E-state index in [0.29, 0.717) is 0 Å². The summed E-state index contributed by atoms with van der Waals surface area (Å²) in [5.74, 6) is 0.852. The highest BCUT2D eigenvalue weighted by molar-refractivity contribution is 7.89. The lowest BCUT2D eigenvalue weighted by atomic mass is 10.2. The number of hydrogen-bond acceptors (Lipinski definition) is 5. The zero-order valence-electron chi connectivity index (χ0n) is 14.3. The highest BCUT2D eigenvalue weighted by Gasteiger charge is 2.21. The van der Waals surface area contributed by atoms with Crippen LogP contribution in [0.4, 0.5) is 5.82 Å². The van der Waals surface area contributed by atoms with E-state index >= 15 is 0 Å². The first-order chi connectivity index (χ1) is 12.4. The van der Waals surface area contributed by atoms with E-state index in [-0.39, 0.29) is 21.5 Å². The molecule has 0 unspecified atom stereocenters. The van der Waals surface area contributed by atoms with Gasteiger partial charge in [-0.05, 0) is 36.9 Å². The van der Waals surface area contributed by atoms with Crippen molar-refractivity contribution in [2.24, 2.45) is 0 Å². The molecule has 26 heavy (non-hydrogen) atoms. The number of hydrogen-bond donors (Lipinski definition) is 1. The molecule has 9 heteroatoms. The fraction of sp³-hybridized carbons (Fsp3) is 0.353. The Kier molecular flexibility index (Phi) is 6.04. The van der Waals surface area contributed by atoms with Gasteiger partial charge in [-0.2, -0.15) is 0 Å². The minimum absolute atomic E-state index is 0.0952. The molecule has 140 valence electrons. The summed E-state index contributed by atoms with van der Waals surface area (Å²) in [6.45, 7) is 3.88. The van der Waals surface area contributed by atoms with E-state index in [1.54, 1.807) is 18.3 Å². The third-order valence-corrected chi connectivity index (χ3v) is 6.65. The maximum Gasteiger partial charge on any atom is 0.243 e. The van der Waals surface area contributed by atoms with Crippen molar-refractivity contribution >= 4 is 39.0 Å². The zero-order chi connectivity index (χ0) is 18.7. The Hall–Kier alpha value is -1.38. The van der Waals surface area contributed by atoms with Crippen LogP contribution in [0.25, 0.3) is 0 Å². The molecule has 1 aliphatic rings. The van der Waals surface area contributed by atoms with Crippen molar-refractivity contribution in [1.82, 2.24) is 14.6 Å². The lowest BCUT2D eigenvalue weighted by molar-refractivity contribution is 0.312. The van der Waals surface area contributed by atoms with Crippen LogP contribution in [0.3, 0.4) is 0 Å². The zero-order valence-corrected chi connectivity index (χ0v) is 16.7. The van der Waals surface area contributed by atoms with Gasteiger partial charge in [0.25, 0.3) is 0 Å². The number of nitrogens with one attached hydrogen (secondary N) is 1. The molecule has 0 atom stereocenters. The molecule has 2 heterocycles. The highest BCUT2D eigenvalue weighted by atomic mass is 35.5. The summed E-state index contributed by atoms with van der Waals surface area (Å²) in [6, 6.07) is 8.30. The molecule has 0 radical (unpaired) electrons. The molecule has 2 aromatic rings. The number of nitrogens with zero attached hydrogens (tertiary/aromatic N) is 3. The molecule has 1 aromatic carbocycles. The predicted molar refractivity (Wildman–Crippen MR) is 104 cm³/mol. The molecule has 1 saturated heterocycles. The number of aromatic nitrogens is 1. The van der Waals surface area contributed by atoms with Crippen molar-refractivity contribution in [2.75, 3.05) is 38.1 Å². The number of piperazine rings is 1. The second kappa shape index (κ2) is 8.10. The summed E-state index contributed by atoms with van der Waals surface area (Å²) in [5, 5.41) is 0.190. The first kappa shape index (κ1) is 19.4. The molecule has 0 spiro atoms. The largest absolute Gasteiger partial charge is 0.354 e. The van der Waals surface area contributed by atoms with Gasteiger partial charge in [-0.25, -0.2) is 18.1 Å². The smallest absolute Gasteiger partial charge is 0.243 e. The van der Waals surface area contributed by atoms with Gasteiger partial charge in [-0.3, -0.25) is 0 Å². The number of anilines is 1. The molecule has 6 nitrogen and oxygen atoms in total. The number of benzene rings is 1. The number of likely N-dealkylation sites (N-methyl/N-ethyl adjacent to an activating group) is 1. The van der Waals surface area contributed by atoms with E-state index in [1.165, 1.54) is 12.1 Å². The minimum Gasteiger partial charge on any atom is -0.354 e. The maximum absolute atomic E-state index is 12.6. The van der Waals surface area contributed by atoms with Crippen LogP contribution in [-0.4, -0.2) is 51.5 Å². The topological polar surface area (TPSA) is 65.5 Å². The normalized spacial score (nSPS) is 16.0. The van der Waals surface area contributed by atoms with Gasteiger partial charge < -0.3 is 9.80 Å². The fourth-order valence-corrected chi connectivity index (χ4v) is 4.93. The van der Waals surface area contributed by atoms with Gasteiger partial charge in [-0.1, -0.05) is 29.3 Å². The van der Waals surface area contributed by atoms with E-state index < -0.39 is 10.0 Å². The monoisotopic (exact) mass is 414 g/mol. The summed E-state index contributed by atoms with van der Waals surface area (Å²) in [4.78, 5) is 8.77.